The number of benzene rings is 3. The first-order valence-electron chi connectivity index (χ1n) is 9.93. The minimum absolute atomic E-state index is 0.0717. The minimum Gasteiger partial charge on any atom is -0.454 e. The molecule has 0 unspecified atom stereocenters. The number of carbonyl (C=O) groups excluding carboxylic acids is 1. The third-order valence-corrected chi connectivity index (χ3v) is 6.73. The number of nitrogens with zero attached hydrogens (tertiary/aromatic N) is 1. The van der Waals surface area contributed by atoms with Gasteiger partial charge in [0.15, 0.2) is 5.76 Å². The van der Waals surface area contributed by atoms with Gasteiger partial charge in [-0.25, -0.2) is 18.1 Å². The highest BCUT2D eigenvalue weighted by atomic mass is 32.2. The first-order chi connectivity index (χ1) is 15.4. The number of nitrogens with one attached hydrogen (secondary N) is 1. The van der Waals surface area contributed by atoms with Crippen LogP contribution in [0.25, 0.3) is 33.3 Å². The van der Waals surface area contributed by atoms with Gasteiger partial charge >= 0.3 is 0 Å². The topological polar surface area (TPSA) is 89.3 Å². The quantitative estimate of drug-likeness (QED) is 0.419. The Morgan fingerprint density at radius 1 is 0.875 bits per heavy atom. The van der Waals surface area contributed by atoms with Crippen molar-refractivity contribution in [1.82, 2.24) is 9.71 Å². The van der Waals surface area contributed by atoms with Gasteiger partial charge in [0.25, 0.3) is 15.9 Å². The van der Waals surface area contributed by atoms with Gasteiger partial charge in [-0.05, 0) is 55.0 Å². The molecular formula is C25H18N2O4S. The van der Waals surface area contributed by atoms with Crippen molar-refractivity contribution in [3.63, 3.8) is 0 Å². The summed E-state index contributed by atoms with van der Waals surface area (Å²) < 4.78 is 33.3. The SMILES string of the molecule is Cc1ccccc1S(=O)(=O)NC(=O)c1ccc2oc(-c3ccc4ccccc4n3)cc2c1. The summed E-state index contributed by atoms with van der Waals surface area (Å²) in [4.78, 5) is 17.4. The lowest BCUT2D eigenvalue weighted by Crippen LogP contribution is -2.31. The molecule has 3 aromatic carbocycles. The number of hydrogen-bond acceptors (Lipinski definition) is 5. The summed E-state index contributed by atoms with van der Waals surface area (Å²) in [6, 6.07) is 24.7. The molecule has 0 aliphatic rings. The zero-order valence-corrected chi connectivity index (χ0v) is 17.9. The van der Waals surface area contributed by atoms with Crippen LogP contribution in [-0.2, 0) is 10.0 Å². The average molecular weight is 442 g/mol. The van der Waals surface area contributed by atoms with Crippen LogP contribution < -0.4 is 4.72 Å². The third-order valence-electron chi connectivity index (χ3n) is 5.24. The Morgan fingerprint density at radius 3 is 2.50 bits per heavy atom. The molecule has 0 bridgehead atoms. The van der Waals surface area contributed by atoms with E-state index in [4.69, 9.17) is 4.42 Å². The van der Waals surface area contributed by atoms with E-state index in [0.717, 1.165) is 10.9 Å². The first-order valence-corrected chi connectivity index (χ1v) is 11.4. The van der Waals surface area contributed by atoms with E-state index in [9.17, 15) is 13.2 Å². The van der Waals surface area contributed by atoms with Crippen LogP contribution in [0, 0.1) is 6.92 Å². The molecule has 0 saturated heterocycles. The molecule has 0 aliphatic carbocycles. The molecule has 0 saturated carbocycles. The van der Waals surface area contributed by atoms with Crippen molar-refractivity contribution in [1.29, 1.82) is 0 Å². The standard InChI is InChI=1S/C25H18N2O4S/c1-16-6-2-5-9-24(16)32(29,30)27-25(28)18-11-13-22-19(14-18)15-23(31-22)21-12-10-17-7-3-4-8-20(17)26-21/h2-15H,1H3,(H,27,28). The van der Waals surface area contributed by atoms with Gasteiger partial charge in [-0.3, -0.25) is 4.79 Å². The number of sulfonamides is 1. The Balaban J connectivity index is 1.46. The molecule has 7 heteroatoms. The third kappa shape index (κ3) is 3.63. The molecule has 2 heterocycles. The second-order valence-electron chi connectivity index (χ2n) is 7.45. The van der Waals surface area contributed by atoms with Crippen molar-refractivity contribution in [2.45, 2.75) is 11.8 Å². The number of amides is 1. The molecule has 1 amide bonds. The van der Waals surface area contributed by atoms with Gasteiger partial charge in [-0.2, -0.15) is 0 Å². The van der Waals surface area contributed by atoms with Crippen LogP contribution in [-0.4, -0.2) is 19.3 Å². The Bertz CT molecular complexity index is 1600. The molecular weight excluding hydrogens is 424 g/mol. The van der Waals surface area contributed by atoms with Gasteiger partial charge in [0, 0.05) is 16.3 Å². The molecule has 2 aromatic heterocycles. The van der Waals surface area contributed by atoms with Gasteiger partial charge in [0.1, 0.15) is 11.3 Å². The molecule has 0 spiro atoms. The summed E-state index contributed by atoms with van der Waals surface area (Å²) in [6.45, 7) is 1.68. The van der Waals surface area contributed by atoms with Gasteiger partial charge in [-0.15, -0.1) is 0 Å². The Hall–Kier alpha value is -3.97. The molecule has 6 nitrogen and oxygen atoms in total. The monoisotopic (exact) mass is 442 g/mol. The molecule has 5 aromatic rings. The van der Waals surface area contributed by atoms with Crippen LogP contribution in [0.1, 0.15) is 15.9 Å². The normalized spacial score (nSPS) is 11.7. The summed E-state index contributed by atoms with van der Waals surface area (Å²) in [5.41, 5.74) is 2.88. The molecule has 0 aliphatic heterocycles. The number of fused-ring (bicyclic) bond motifs is 2. The lowest BCUT2D eigenvalue weighted by atomic mass is 10.1. The minimum atomic E-state index is -3.98. The van der Waals surface area contributed by atoms with Gasteiger partial charge < -0.3 is 4.42 Å². The fourth-order valence-electron chi connectivity index (χ4n) is 3.61. The molecule has 1 N–H and O–H groups in total. The summed E-state index contributed by atoms with van der Waals surface area (Å²) in [5, 5.41) is 1.71. The van der Waals surface area contributed by atoms with Crippen molar-refractivity contribution in [3.8, 4) is 11.5 Å². The summed E-state index contributed by atoms with van der Waals surface area (Å²) >= 11 is 0. The zero-order valence-electron chi connectivity index (χ0n) is 17.1. The lowest BCUT2D eigenvalue weighted by Gasteiger charge is -2.09. The molecule has 32 heavy (non-hydrogen) atoms. The maximum Gasteiger partial charge on any atom is 0.265 e. The van der Waals surface area contributed by atoms with Gasteiger partial charge in [0.2, 0.25) is 0 Å². The second kappa shape index (κ2) is 7.62. The van der Waals surface area contributed by atoms with E-state index in [0.29, 0.717) is 28.0 Å². The number of carbonyl (C=O) groups is 1. The van der Waals surface area contributed by atoms with E-state index in [-0.39, 0.29) is 10.5 Å². The largest absolute Gasteiger partial charge is 0.454 e. The first kappa shape index (κ1) is 20.0. The highest BCUT2D eigenvalue weighted by molar-refractivity contribution is 7.90. The van der Waals surface area contributed by atoms with E-state index < -0.39 is 15.9 Å². The fraction of sp³-hybridized carbons (Fsp3) is 0.0400. The number of pyridine rings is 1. The van der Waals surface area contributed by atoms with Crippen molar-refractivity contribution >= 4 is 37.8 Å². The summed E-state index contributed by atoms with van der Waals surface area (Å²) in [5.74, 6) is -0.141. The van der Waals surface area contributed by atoms with Crippen molar-refractivity contribution in [3.05, 3.63) is 96.1 Å². The zero-order chi connectivity index (χ0) is 22.3. The number of aryl methyl sites for hydroxylation is 1. The Kier molecular flexibility index (Phi) is 4.75. The fourth-order valence-corrected chi connectivity index (χ4v) is 4.83. The highest BCUT2D eigenvalue weighted by Gasteiger charge is 2.21. The van der Waals surface area contributed by atoms with Crippen LogP contribution in [0.4, 0.5) is 0 Å². The van der Waals surface area contributed by atoms with Crippen molar-refractivity contribution < 1.29 is 17.6 Å². The smallest absolute Gasteiger partial charge is 0.265 e. The number of para-hydroxylation sites is 1. The number of rotatable bonds is 4. The van der Waals surface area contributed by atoms with Gasteiger partial charge in [0.05, 0.1) is 10.4 Å². The molecule has 0 radical (unpaired) electrons. The van der Waals surface area contributed by atoms with Crippen LogP contribution in [0.15, 0.2) is 94.2 Å². The summed E-state index contributed by atoms with van der Waals surface area (Å²) in [6.07, 6.45) is 0. The van der Waals surface area contributed by atoms with Crippen LogP contribution >= 0.6 is 0 Å². The van der Waals surface area contributed by atoms with Crippen molar-refractivity contribution in [2.75, 3.05) is 0 Å². The predicted molar refractivity (Wildman–Crippen MR) is 123 cm³/mol. The Labute approximate surface area is 184 Å². The Morgan fingerprint density at radius 2 is 1.66 bits per heavy atom. The van der Waals surface area contributed by atoms with E-state index in [1.54, 1.807) is 43.3 Å². The summed E-state index contributed by atoms with van der Waals surface area (Å²) in [7, 11) is -3.98. The van der Waals surface area contributed by atoms with Crippen LogP contribution in [0.2, 0.25) is 0 Å². The van der Waals surface area contributed by atoms with E-state index in [2.05, 4.69) is 9.71 Å². The molecule has 5 rings (SSSR count). The highest BCUT2D eigenvalue weighted by Crippen LogP contribution is 2.29. The van der Waals surface area contributed by atoms with E-state index in [1.165, 1.54) is 12.1 Å². The van der Waals surface area contributed by atoms with E-state index in [1.807, 2.05) is 36.4 Å². The number of aromatic nitrogens is 1. The van der Waals surface area contributed by atoms with Gasteiger partial charge in [-0.1, -0.05) is 42.5 Å². The van der Waals surface area contributed by atoms with Crippen LogP contribution in [0.3, 0.4) is 0 Å². The predicted octanol–water partition coefficient (Wildman–Crippen LogP) is 5.08. The molecule has 158 valence electrons. The number of hydrogen-bond donors (Lipinski definition) is 1. The number of furan rings is 1. The maximum absolute atomic E-state index is 12.7. The second-order valence-corrected chi connectivity index (χ2v) is 9.10. The molecule has 0 atom stereocenters. The molecule has 0 fully saturated rings. The van der Waals surface area contributed by atoms with E-state index >= 15 is 0 Å². The maximum atomic E-state index is 12.7. The average Bonchev–Trinajstić information content (AvgIpc) is 3.22. The van der Waals surface area contributed by atoms with Crippen molar-refractivity contribution in [2.24, 2.45) is 0 Å². The van der Waals surface area contributed by atoms with Crippen LogP contribution in [0.5, 0.6) is 0 Å². The lowest BCUT2D eigenvalue weighted by molar-refractivity contribution is 0.0981.